The second kappa shape index (κ2) is 7.79. The number of nitrogen functional groups attached to an aromatic ring is 1. The number of pyridine rings is 1. The number of hydrogen-bond donors (Lipinski definition) is 1. The Morgan fingerprint density at radius 2 is 1.95 bits per heavy atom. The van der Waals surface area contributed by atoms with Crippen molar-refractivity contribution in [3.8, 4) is 0 Å². The second-order valence-electron chi connectivity index (χ2n) is 5.78. The fourth-order valence-corrected chi connectivity index (χ4v) is 2.62. The van der Waals surface area contributed by atoms with Crippen LogP contribution in [-0.4, -0.2) is 30.5 Å². The quantitative estimate of drug-likeness (QED) is 0.624. The zero-order valence-electron chi connectivity index (χ0n) is 13.0. The molecule has 112 valence electrons. The van der Waals surface area contributed by atoms with Crippen molar-refractivity contribution < 1.29 is 0 Å². The van der Waals surface area contributed by atoms with E-state index < -0.39 is 0 Å². The van der Waals surface area contributed by atoms with Gasteiger partial charge in [0.2, 0.25) is 0 Å². The molecular formula is C18H25N3. The predicted octanol–water partition coefficient (Wildman–Crippen LogP) is 3.53. The monoisotopic (exact) mass is 283 g/mol. The molecule has 0 aliphatic carbocycles. The van der Waals surface area contributed by atoms with Crippen molar-refractivity contribution in [2.45, 2.75) is 25.2 Å². The number of aromatic nitrogens is 1. The average molecular weight is 283 g/mol. The zero-order valence-corrected chi connectivity index (χ0v) is 13.0. The lowest BCUT2D eigenvalue weighted by molar-refractivity contribution is 0.389. The van der Waals surface area contributed by atoms with Crippen LogP contribution in [0.5, 0.6) is 0 Å². The van der Waals surface area contributed by atoms with Crippen LogP contribution in [0.1, 0.15) is 36.4 Å². The van der Waals surface area contributed by atoms with E-state index in [-0.39, 0.29) is 0 Å². The molecule has 3 nitrogen and oxygen atoms in total. The Balaban J connectivity index is 2.11. The fraction of sp³-hybridized carbons (Fsp3) is 0.389. The van der Waals surface area contributed by atoms with Gasteiger partial charge in [0, 0.05) is 23.5 Å². The van der Waals surface area contributed by atoms with Crippen LogP contribution in [0, 0.1) is 0 Å². The Morgan fingerprint density at radius 1 is 1.10 bits per heavy atom. The Hall–Kier alpha value is -1.87. The minimum absolute atomic E-state index is 0.330. The number of nitrogens with two attached hydrogens (primary N) is 1. The summed E-state index contributed by atoms with van der Waals surface area (Å²) in [6.45, 7) is 1.13. The van der Waals surface area contributed by atoms with Crippen molar-refractivity contribution in [2.24, 2.45) is 0 Å². The van der Waals surface area contributed by atoms with Gasteiger partial charge >= 0.3 is 0 Å². The normalized spacial score (nSPS) is 12.5. The highest BCUT2D eigenvalue weighted by Gasteiger charge is 2.15. The van der Waals surface area contributed by atoms with E-state index in [1.807, 2.05) is 24.4 Å². The Morgan fingerprint density at radius 3 is 2.62 bits per heavy atom. The molecule has 0 aliphatic heterocycles. The summed E-state index contributed by atoms with van der Waals surface area (Å²) < 4.78 is 0. The van der Waals surface area contributed by atoms with Gasteiger partial charge in [0.05, 0.1) is 0 Å². The molecule has 3 heteroatoms. The van der Waals surface area contributed by atoms with Crippen molar-refractivity contribution in [1.29, 1.82) is 0 Å². The molecule has 0 fully saturated rings. The van der Waals surface area contributed by atoms with E-state index in [9.17, 15) is 0 Å². The molecule has 1 aromatic carbocycles. The Bertz CT molecular complexity index is 537. The number of anilines is 1. The summed E-state index contributed by atoms with van der Waals surface area (Å²) in [6.07, 6.45) is 5.37. The molecule has 1 unspecified atom stereocenters. The van der Waals surface area contributed by atoms with Gasteiger partial charge in [-0.15, -0.1) is 0 Å². The largest absolute Gasteiger partial charge is 0.399 e. The summed E-state index contributed by atoms with van der Waals surface area (Å²) in [7, 11) is 4.24. The average Bonchev–Trinajstić information content (AvgIpc) is 2.48. The Labute approximate surface area is 127 Å². The minimum atomic E-state index is 0.330. The third-order valence-corrected chi connectivity index (χ3v) is 3.71. The topological polar surface area (TPSA) is 42.1 Å². The van der Waals surface area contributed by atoms with Crippen LogP contribution in [0.25, 0.3) is 0 Å². The molecular weight excluding hydrogens is 258 g/mol. The maximum Gasteiger partial charge on any atom is 0.0478 e. The van der Waals surface area contributed by atoms with Crippen LogP contribution < -0.4 is 5.73 Å². The van der Waals surface area contributed by atoms with Crippen LogP contribution in [0.2, 0.25) is 0 Å². The van der Waals surface area contributed by atoms with E-state index in [0.717, 1.165) is 24.3 Å². The molecule has 21 heavy (non-hydrogen) atoms. The lowest BCUT2D eigenvalue weighted by atomic mass is 9.90. The summed E-state index contributed by atoms with van der Waals surface area (Å²) >= 11 is 0. The predicted molar refractivity (Wildman–Crippen MR) is 89.3 cm³/mol. The zero-order chi connectivity index (χ0) is 15.1. The molecule has 1 heterocycles. The maximum atomic E-state index is 5.94. The van der Waals surface area contributed by atoms with Crippen LogP contribution >= 0.6 is 0 Å². The number of hydrogen-bond acceptors (Lipinski definition) is 3. The smallest absolute Gasteiger partial charge is 0.0478 e. The van der Waals surface area contributed by atoms with Crippen LogP contribution in [0.15, 0.2) is 48.7 Å². The summed E-state index contributed by atoms with van der Waals surface area (Å²) in [5.74, 6) is 0.330. The lowest BCUT2D eigenvalue weighted by Crippen LogP contribution is -2.13. The molecule has 1 atom stereocenters. The maximum absolute atomic E-state index is 5.94. The molecule has 0 saturated carbocycles. The molecule has 0 saturated heterocycles. The van der Waals surface area contributed by atoms with Gasteiger partial charge in [-0.3, -0.25) is 4.98 Å². The third-order valence-electron chi connectivity index (χ3n) is 3.71. The Kier molecular flexibility index (Phi) is 5.76. The SMILES string of the molecule is CN(C)CCCCC(c1cccc(N)c1)c1ccccn1. The van der Waals surface area contributed by atoms with Crippen molar-refractivity contribution in [2.75, 3.05) is 26.4 Å². The lowest BCUT2D eigenvalue weighted by Gasteiger charge is -2.18. The van der Waals surface area contributed by atoms with Gasteiger partial charge in [-0.1, -0.05) is 24.6 Å². The molecule has 0 radical (unpaired) electrons. The van der Waals surface area contributed by atoms with Gasteiger partial charge in [0.15, 0.2) is 0 Å². The van der Waals surface area contributed by atoms with Crippen LogP contribution in [0.4, 0.5) is 5.69 Å². The molecule has 0 spiro atoms. The van der Waals surface area contributed by atoms with Gasteiger partial charge in [0.1, 0.15) is 0 Å². The van der Waals surface area contributed by atoms with Crippen molar-refractivity contribution >= 4 is 5.69 Å². The molecule has 0 bridgehead atoms. The first-order chi connectivity index (χ1) is 10.2. The summed E-state index contributed by atoms with van der Waals surface area (Å²) in [5, 5.41) is 0. The van der Waals surface area contributed by atoms with E-state index in [1.54, 1.807) is 0 Å². The van der Waals surface area contributed by atoms with E-state index in [1.165, 1.54) is 18.4 Å². The minimum Gasteiger partial charge on any atom is -0.399 e. The summed E-state index contributed by atoms with van der Waals surface area (Å²) in [6, 6.07) is 14.3. The van der Waals surface area contributed by atoms with Gasteiger partial charge in [-0.05, 0) is 63.3 Å². The number of unbranched alkanes of at least 4 members (excludes halogenated alkanes) is 1. The highest BCUT2D eigenvalue weighted by atomic mass is 15.0. The molecule has 0 amide bonds. The van der Waals surface area contributed by atoms with Gasteiger partial charge in [-0.2, -0.15) is 0 Å². The molecule has 2 N–H and O–H groups in total. The molecule has 2 aromatic rings. The van der Waals surface area contributed by atoms with E-state index in [2.05, 4.69) is 48.2 Å². The number of nitrogens with zero attached hydrogens (tertiary/aromatic N) is 2. The van der Waals surface area contributed by atoms with E-state index in [0.29, 0.717) is 5.92 Å². The van der Waals surface area contributed by atoms with Crippen molar-refractivity contribution in [3.05, 3.63) is 59.9 Å². The van der Waals surface area contributed by atoms with Crippen molar-refractivity contribution in [3.63, 3.8) is 0 Å². The number of benzene rings is 1. The van der Waals surface area contributed by atoms with Gasteiger partial charge in [-0.25, -0.2) is 0 Å². The van der Waals surface area contributed by atoms with Gasteiger partial charge < -0.3 is 10.6 Å². The first kappa shape index (κ1) is 15.5. The molecule has 1 aromatic heterocycles. The van der Waals surface area contributed by atoms with Crippen LogP contribution in [-0.2, 0) is 0 Å². The molecule has 2 rings (SSSR count). The highest BCUT2D eigenvalue weighted by molar-refractivity contribution is 5.43. The van der Waals surface area contributed by atoms with E-state index >= 15 is 0 Å². The second-order valence-corrected chi connectivity index (χ2v) is 5.78. The van der Waals surface area contributed by atoms with E-state index in [4.69, 9.17) is 5.73 Å². The summed E-state index contributed by atoms with van der Waals surface area (Å²) in [4.78, 5) is 6.78. The molecule has 0 aliphatic rings. The first-order valence-electron chi connectivity index (χ1n) is 7.58. The third kappa shape index (κ3) is 4.87. The standard InChI is InChI=1S/C18H25N3/c1-21(2)13-6-4-10-17(18-11-3-5-12-20-18)15-8-7-9-16(19)14-15/h3,5,7-9,11-12,14,17H,4,6,10,13,19H2,1-2H3. The van der Waals surface area contributed by atoms with Gasteiger partial charge in [0.25, 0.3) is 0 Å². The first-order valence-corrected chi connectivity index (χ1v) is 7.58. The number of rotatable bonds is 7. The van der Waals surface area contributed by atoms with Crippen LogP contribution in [0.3, 0.4) is 0 Å². The summed E-state index contributed by atoms with van der Waals surface area (Å²) in [5.41, 5.74) is 9.16. The highest BCUT2D eigenvalue weighted by Crippen LogP contribution is 2.29. The fourth-order valence-electron chi connectivity index (χ4n) is 2.62. The van der Waals surface area contributed by atoms with Crippen molar-refractivity contribution in [1.82, 2.24) is 9.88 Å².